The number of unbranched alkanes of at least 4 members (excludes halogenated alkanes) is 1. The number of carbonyl (C=O) groups is 3. The molecule has 2 rings (SSSR count). The topological polar surface area (TPSA) is 104 Å². The third-order valence-corrected chi connectivity index (χ3v) is 4.17. The third kappa shape index (κ3) is 6.60. The van der Waals surface area contributed by atoms with Gasteiger partial charge in [0.05, 0.1) is 12.0 Å². The molecule has 0 aromatic heterocycles. The maximum Gasteiger partial charge on any atom is 0.409 e. The van der Waals surface area contributed by atoms with Gasteiger partial charge in [-0.05, 0) is 32.6 Å². The van der Waals surface area contributed by atoms with Gasteiger partial charge in [-0.15, -0.1) is 0 Å². The van der Waals surface area contributed by atoms with Gasteiger partial charge in [-0.1, -0.05) is 31.6 Å². The van der Waals surface area contributed by atoms with E-state index in [9.17, 15) is 14.4 Å². The molecule has 2 aliphatic rings. The second-order valence-electron chi connectivity index (χ2n) is 6.42. The minimum atomic E-state index is -1.08. The summed E-state index contributed by atoms with van der Waals surface area (Å²) in [6.45, 7) is 5.92. The summed E-state index contributed by atoms with van der Waals surface area (Å²) < 4.78 is 5.05. The number of hydrogen-bond acceptors (Lipinski definition) is 4. The van der Waals surface area contributed by atoms with Gasteiger partial charge in [0.25, 0.3) is 0 Å². The zero-order chi connectivity index (χ0) is 18.9. The standard InChI is InChI=1S/C9H17NO2.C9H10O4/c1-2-3-8-12-9(11)10-6-4-5-7-10;1-9(8(12)13)4-2-3-6(5-9)7(10)11/h2-8H2,1H3;2-4H,5H2,1H3,(H,10,11)(H,12,13). The van der Waals surface area contributed by atoms with Crippen molar-refractivity contribution < 1.29 is 29.3 Å². The van der Waals surface area contributed by atoms with E-state index in [0.717, 1.165) is 38.8 Å². The molecule has 1 unspecified atom stereocenters. The molecule has 7 heteroatoms. The maximum absolute atomic E-state index is 11.2. The van der Waals surface area contributed by atoms with E-state index in [1.807, 2.05) is 0 Å². The van der Waals surface area contributed by atoms with E-state index >= 15 is 0 Å². The summed E-state index contributed by atoms with van der Waals surface area (Å²) in [7, 11) is 0. The van der Waals surface area contributed by atoms with Crippen LogP contribution in [0.3, 0.4) is 0 Å². The number of carboxylic acids is 2. The van der Waals surface area contributed by atoms with Crippen molar-refractivity contribution in [3.05, 3.63) is 23.8 Å². The minimum absolute atomic E-state index is 0.0359. The first-order valence-electron chi connectivity index (χ1n) is 8.57. The molecule has 1 heterocycles. The van der Waals surface area contributed by atoms with Crippen LogP contribution in [0.5, 0.6) is 0 Å². The molecule has 2 N–H and O–H groups in total. The molecular formula is C18H27NO6. The lowest BCUT2D eigenvalue weighted by Crippen LogP contribution is -2.28. The molecule has 7 nitrogen and oxygen atoms in total. The van der Waals surface area contributed by atoms with Gasteiger partial charge in [-0.25, -0.2) is 9.59 Å². The summed E-state index contributed by atoms with van der Waals surface area (Å²) in [4.78, 5) is 34.4. The van der Waals surface area contributed by atoms with Crippen LogP contribution in [-0.2, 0) is 14.3 Å². The van der Waals surface area contributed by atoms with Crippen LogP contribution in [0.15, 0.2) is 23.8 Å². The number of carbonyl (C=O) groups excluding carboxylic acids is 1. The molecule has 0 bridgehead atoms. The van der Waals surface area contributed by atoms with Crippen LogP contribution in [0.4, 0.5) is 4.79 Å². The average Bonchev–Trinajstić information content (AvgIpc) is 3.10. The van der Waals surface area contributed by atoms with Gasteiger partial charge in [0.15, 0.2) is 0 Å². The van der Waals surface area contributed by atoms with Crippen molar-refractivity contribution in [3.8, 4) is 0 Å². The Morgan fingerprint density at radius 1 is 1.24 bits per heavy atom. The van der Waals surface area contributed by atoms with E-state index in [2.05, 4.69) is 6.92 Å². The number of aliphatic carboxylic acids is 2. The molecule has 1 saturated heterocycles. The number of likely N-dealkylation sites (tertiary alicyclic amines) is 1. The Bertz CT molecular complexity index is 548. The molecule has 0 saturated carbocycles. The SMILES string of the molecule is CC1(C(=O)O)C=CC=C(C(=O)O)C1.CCCCOC(=O)N1CCCC1. The fraction of sp³-hybridized carbons (Fsp3) is 0.611. The average molecular weight is 353 g/mol. The highest BCUT2D eigenvalue weighted by Gasteiger charge is 2.34. The number of amides is 1. The van der Waals surface area contributed by atoms with Crippen LogP contribution < -0.4 is 0 Å². The largest absolute Gasteiger partial charge is 0.481 e. The first-order chi connectivity index (χ1) is 11.8. The van der Waals surface area contributed by atoms with Crippen LogP contribution in [0, 0.1) is 5.41 Å². The molecule has 1 fully saturated rings. The first kappa shape index (κ1) is 20.7. The van der Waals surface area contributed by atoms with Gasteiger partial charge < -0.3 is 19.8 Å². The Balaban J connectivity index is 0.000000251. The summed E-state index contributed by atoms with van der Waals surface area (Å²) in [6.07, 6.45) is 8.61. The molecule has 0 radical (unpaired) electrons. The van der Waals surface area contributed by atoms with Crippen molar-refractivity contribution in [3.63, 3.8) is 0 Å². The second-order valence-corrected chi connectivity index (χ2v) is 6.42. The first-order valence-corrected chi connectivity index (χ1v) is 8.57. The molecular weight excluding hydrogens is 326 g/mol. The molecule has 1 atom stereocenters. The lowest BCUT2D eigenvalue weighted by atomic mass is 9.80. The van der Waals surface area contributed by atoms with Gasteiger partial charge in [0.2, 0.25) is 0 Å². The van der Waals surface area contributed by atoms with Gasteiger partial charge in [0.1, 0.15) is 0 Å². The molecule has 1 aliphatic heterocycles. The van der Waals surface area contributed by atoms with Gasteiger partial charge in [-0.3, -0.25) is 4.79 Å². The zero-order valence-corrected chi connectivity index (χ0v) is 14.9. The third-order valence-electron chi connectivity index (χ3n) is 4.17. The second kappa shape index (κ2) is 9.86. The maximum atomic E-state index is 11.2. The molecule has 1 aliphatic carbocycles. The lowest BCUT2D eigenvalue weighted by molar-refractivity contribution is -0.145. The van der Waals surface area contributed by atoms with Crippen LogP contribution >= 0.6 is 0 Å². The van der Waals surface area contributed by atoms with E-state index in [1.165, 1.54) is 25.2 Å². The molecule has 1 amide bonds. The van der Waals surface area contributed by atoms with Crippen LogP contribution in [0.25, 0.3) is 0 Å². The van der Waals surface area contributed by atoms with E-state index in [-0.39, 0.29) is 18.1 Å². The number of ether oxygens (including phenoxy) is 1. The molecule has 0 aromatic rings. The predicted molar refractivity (Wildman–Crippen MR) is 92.3 cm³/mol. The Labute approximate surface area is 148 Å². The van der Waals surface area contributed by atoms with Gasteiger partial charge >= 0.3 is 18.0 Å². The Morgan fingerprint density at radius 3 is 2.40 bits per heavy atom. The van der Waals surface area contributed by atoms with E-state index in [0.29, 0.717) is 6.61 Å². The van der Waals surface area contributed by atoms with Crippen molar-refractivity contribution in [2.24, 2.45) is 5.41 Å². The van der Waals surface area contributed by atoms with Crippen molar-refractivity contribution in [2.45, 2.75) is 46.0 Å². The summed E-state index contributed by atoms with van der Waals surface area (Å²) in [6, 6.07) is 0. The monoisotopic (exact) mass is 353 g/mol. The lowest BCUT2D eigenvalue weighted by Gasteiger charge is -2.23. The van der Waals surface area contributed by atoms with Gasteiger partial charge in [-0.2, -0.15) is 0 Å². The number of nitrogens with zero attached hydrogens (tertiary/aromatic N) is 1. The Hall–Kier alpha value is -2.31. The van der Waals surface area contributed by atoms with Crippen molar-refractivity contribution in [1.82, 2.24) is 4.90 Å². The fourth-order valence-electron chi connectivity index (χ4n) is 2.48. The number of allylic oxidation sites excluding steroid dienone is 2. The molecule has 140 valence electrons. The highest BCUT2D eigenvalue weighted by atomic mass is 16.6. The van der Waals surface area contributed by atoms with E-state index in [1.54, 1.807) is 4.90 Å². The fourth-order valence-corrected chi connectivity index (χ4v) is 2.48. The van der Waals surface area contributed by atoms with E-state index < -0.39 is 17.4 Å². The zero-order valence-electron chi connectivity index (χ0n) is 14.9. The summed E-state index contributed by atoms with van der Waals surface area (Å²) in [5.41, 5.74) is -0.949. The van der Waals surface area contributed by atoms with Crippen LogP contribution in [0.1, 0.15) is 46.0 Å². The van der Waals surface area contributed by atoms with Crippen molar-refractivity contribution in [1.29, 1.82) is 0 Å². The Morgan fingerprint density at radius 2 is 1.88 bits per heavy atom. The normalized spacial score (nSPS) is 21.8. The van der Waals surface area contributed by atoms with Crippen molar-refractivity contribution in [2.75, 3.05) is 19.7 Å². The summed E-state index contributed by atoms with van der Waals surface area (Å²) in [5, 5.41) is 17.5. The smallest absolute Gasteiger partial charge is 0.409 e. The highest BCUT2D eigenvalue weighted by Crippen LogP contribution is 2.31. The van der Waals surface area contributed by atoms with Crippen LogP contribution in [0.2, 0.25) is 0 Å². The number of rotatable bonds is 5. The molecule has 0 spiro atoms. The quantitative estimate of drug-likeness (QED) is 0.736. The number of carboxylic acid groups (broad SMARTS) is 2. The Kier molecular flexibility index (Phi) is 8.18. The summed E-state index contributed by atoms with van der Waals surface area (Å²) >= 11 is 0. The predicted octanol–water partition coefficient (Wildman–Crippen LogP) is 3.07. The van der Waals surface area contributed by atoms with Crippen LogP contribution in [-0.4, -0.2) is 52.8 Å². The van der Waals surface area contributed by atoms with E-state index in [4.69, 9.17) is 14.9 Å². The summed E-state index contributed by atoms with van der Waals surface area (Å²) in [5.74, 6) is -2.06. The van der Waals surface area contributed by atoms with Gasteiger partial charge in [0, 0.05) is 18.7 Å². The molecule has 25 heavy (non-hydrogen) atoms. The number of hydrogen-bond donors (Lipinski definition) is 2. The minimum Gasteiger partial charge on any atom is -0.481 e. The highest BCUT2D eigenvalue weighted by molar-refractivity contribution is 5.90. The molecule has 0 aromatic carbocycles. The van der Waals surface area contributed by atoms with Crippen molar-refractivity contribution >= 4 is 18.0 Å².